The Bertz CT molecular complexity index is 420. The van der Waals surface area contributed by atoms with E-state index in [-0.39, 0.29) is 0 Å². The molecular formula is C8H8N4OS. The third-order valence-corrected chi connectivity index (χ3v) is 2.58. The van der Waals surface area contributed by atoms with Gasteiger partial charge < -0.3 is 9.84 Å². The molecule has 0 bridgehead atoms. The second-order valence-electron chi connectivity index (χ2n) is 3.22. The van der Waals surface area contributed by atoms with Gasteiger partial charge in [-0.2, -0.15) is 4.98 Å². The number of anilines is 1. The number of hydrogen-bond donors (Lipinski definition) is 1. The molecule has 0 aromatic carbocycles. The minimum atomic E-state index is 0.496. The Kier molecular flexibility index (Phi) is 1.73. The SMILES string of the molecule is c1nc(-c2noc(NC3CC3)n2)cs1. The van der Waals surface area contributed by atoms with Crippen molar-refractivity contribution in [2.45, 2.75) is 18.9 Å². The molecule has 0 saturated heterocycles. The lowest BCUT2D eigenvalue weighted by molar-refractivity contribution is 0.431. The molecule has 1 aliphatic carbocycles. The molecule has 0 amide bonds. The van der Waals surface area contributed by atoms with Gasteiger partial charge in [-0.05, 0) is 12.8 Å². The van der Waals surface area contributed by atoms with E-state index in [1.165, 1.54) is 24.2 Å². The number of hydrogen-bond acceptors (Lipinski definition) is 6. The summed E-state index contributed by atoms with van der Waals surface area (Å²) in [6, 6.07) is 1.02. The van der Waals surface area contributed by atoms with E-state index < -0.39 is 0 Å². The molecule has 2 aromatic rings. The van der Waals surface area contributed by atoms with E-state index in [9.17, 15) is 0 Å². The maximum Gasteiger partial charge on any atom is 0.322 e. The highest BCUT2D eigenvalue weighted by molar-refractivity contribution is 7.07. The van der Waals surface area contributed by atoms with Crippen LogP contribution in [0.15, 0.2) is 15.4 Å². The third-order valence-electron chi connectivity index (χ3n) is 1.99. The molecule has 0 atom stereocenters. The van der Waals surface area contributed by atoms with E-state index in [1.54, 1.807) is 5.51 Å². The van der Waals surface area contributed by atoms with Crippen molar-refractivity contribution in [3.05, 3.63) is 10.9 Å². The number of aromatic nitrogens is 3. The summed E-state index contributed by atoms with van der Waals surface area (Å²) in [6.45, 7) is 0. The Hall–Kier alpha value is -1.43. The summed E-state index contributed by atoms with van der Waals surface area (Å²) in [5.41, 5.74) is 2.52. The predicted molar refractivity (Wildman–Crippen MR) is 52.1 cm³/mol. The van der Waals surface area contributed by atoms with E-state index >= 15 is 0 Å². The van der Waals surface area contributed by atoms with Gasteiger partial charge in [0.25, 0.3) is 0 Å². The number of nitrogens with zero attached hydrogens (tertiary/aromatic N) is 3. The van der Waals surface area contributed by atoms with Gasteiger partial charge in [0.05, 0.1) is 5.51 Å². The van der Waals surface area contributed by atoms with Crippen LogP contribution < -0.4 is 5.32 Å². The van der Waals surface area contributed by atoms with Crippen LogP contribution in [-0.4, -0.2) is 21.2 Å². The number of rotatable bonds is 3. The van der Waals surface area contributed by atoms with Crippen LogP contribution in [0, 0.1) is 0 Å². The summed E-state index contributed by atoms with van der Waals surface area (Å²) in [5, 5.41) is 8.86. The molecule has 0 aliphatic heterocycles. The minimum absolute atomic E-state index is 0.496. The monoisotopic (exact) mass is 208 g/mol. The number of thiazole rings is 1. The van der Waals surface area contributed by atoms with Crippen molar-refractivity contribution < 1.29 is 4.52 Å². The lowest BCUT2D eigenvalue weighted by Gasteiger charge is -1.92. The van der Waals surface area contributed by atoms with Gasteiger partial charge in [-0.1, -0.05) is 5.16 Å². The van der Waals surface area contributed by atoms with Gasteiger partial charge in [-0.3, -0.25) is 0 Å². The summed E-state index contributed by atoms with van der Waals surface area (Å²) in [4.78, 5) is 8.29. The molecule has 2 heterocycles. The second-order valence-corrected chi connectivity index (χ2v) is 3.93. The average Bonchev–Trinajstić information content (AvgIpc) is 2.71. The quantitative estimate of drug-likeness (QED) is 0.832. The third kappa shape index (κ3) is 1.48. The molecule has 14 heavy (non-hydrogen) atoms. The molecule has 1 saturated carbocycles. The average molecular weight is 208 g/mol. The molecule has 1 aliphatic rings. The van der Waals surface area contributed by atoms with Gasteiger partial charge in [-0.15, -0.1) is 11.3 Å². The Labute approximate surface area is 84.2 Å². The summed E-state index contributed by atoms with van der Waals surface area (Å²) >= 11 is 1.52. The fourth-order valence-electron chi connectivity index (χ4n) is 1.11. The fraction of sp³-hybridized carbons (Fsp3) is 0.375. The van der Waals surface area contributed by atoms with Crippen molar-refractivity contribution in [2.75, 3.05) is 5.32 Å². The zero-order chi connectivity index (χ0) is 9.38. The summed E-state index contributed by atoms with van der Waals surface area (Å²) in [7, 11) is 0. The standard InChI is InChI=1S/C8H8N4OS/c1-2-5(1)10-8-11-7(12-13-8)6-3-14-4-9-6/h3-5H,1-2H2,(H,10,11,12). The van der Waals surface area contributed by atoms with Crippen molar-refractivity contribution >= 4 is 17.4 Å². The molecule has 6 heteroatoms. The van der Waals surface area contributed by atoms with E-state index in [0.29, 0.717) is 17.9 Å². The normalized spacial score (nSPS) is 15.7. The van der Waals surface area contributed by atoms with Crippen molar-refractivity contribution in [2.24, 2.45) is 0 Å². The molecule has 5 nitrogen and oxygen atoms in total. The lowest BCUT2D eigenvalue weighted by atomic mass is 10.5. The predicted octanol–water partition coefficient (Wildman–Crippen LogP) is 1.77. The topological polar surface area (TPSA) is 63.8 Å². The van der Waals surface area contributed by atoms with Gasteiger partial charge in [0.1, 0.15) is 5.69 Å². The van der Waals surface area contributed by atoms with Crippen LogP contribution in [-0.2, 0) is 0 Å². The highest BCUT2D eigenvalue weighted by atomic mass is 32.1. The van der Waals surface area contributed by atoms with Gasteiger partial charge in [0, 0.05) is 11.4 Å². The largest absolute Gasteiger partial charge is 0.335 e. The van der Waals surface area contributed by atoms with Crippen molar-refractivity contribution in [1.29, 1.82) is 0 Å². The maximum atomic E-state index is 5.03. The van der Waals surface area contributed by atoms with E-state index in [2.05, 4.69) is 20.4 Å². The van der Waals surface area contributed by atoms with Crippen LogP contribution in [0.5, 0.6) is 0 Å². The smallest absolute Gasteiger partial charge is 0.322 e. The Balaban J connectivity index is 1.82. The molecular weight excluding hydrogens is 200 g/mol. The highest BCUT2D eigenvalue weighted by Crippen LogP contribution is 2.25. The first-order valence-corrected chi connectivity index (χ1v) is 5.35. The Morgan fingerprint density at radius 1 is 1.50 bits per heavy atom. The molecule has 1 N–H and O–H groups in total. The van der Waals surface area contributed by atoms with Gasteiger partial charge in [0.15, 0.2) is 0 Å². The Morgan fingerprint density at radius 2 is 2.43 bits per heavy atom. The first-order chi connectivity index (χ1) is 6.92. The molecule has 0 spiro atoms. The highest BCUT2D eigenvalue weighted by Gasteiger charge is 2.23. The van der Waals surface area contributed by atoms with Crippen LogP contribution >= 0.6 is 11.3 Å². The lowest BCUT2D eigenvalue weighted by Crippen LogP contribution is -2.00. The Morgan fingerprint density at radius 3 is 3.14 bits per heavy atom. The van der Waals surface area contributed by atoms with Crippen molar-refractivity contribution in [1.82, 2.24) is 15.1 Å². The molecule has 2 aromatic heterocycles. The zero-order valence-electron chi connectivity index (χ0n) is 7.30. The summed E-state index contributed by atoms with van der Waals surface area (Å²) < 4.78 is 5.03. The molecule has 0 radical (unpaired) electrons. The van der Waals surface area contributed by atoms with Gasteiger partial charge in [-0.25, -0.2) is 4.98 Å². The first-order valence-electron chi connectivity index (χ1n) is 4.40. The van der Waals surface area contributed by atoms with Gasteiger partial charge in [0.2, 0.25) is 5.82 Å². The van der Waals surface area contributed by atoms with Crippen molar-refractivity contribution in [3.8, 4) is 11.5 Å². The molecule has 72 valence electrons. The first kappa shape index (κ1) is 7.93. The second kappa shape index (κ2) is 3.06. The van der Waals surface area contributed by atoms with Crippen LogP contribution in [0.25, 0.3) is 11.5 Å². The molecule has 3 rings (SSSR count). The van der Waals surface area contributed by atoms with Crippen LogP contribution in [0.2, 0.25) is 0 Å². The van der Waals surface area contributed by atoms with E-state index in [1.807, 2.05) is 5.38 Å². The van der Waals surface area contributed by atoms with E-state index in [4.69, 9.17) is 4.52 Å². The van der Waals surface area contributed by atoms with Crippen LogP contribution in [0.4, 0.5) is 6.01 Å². The molecule has 0 unspecified atom stereocenters. The van der Waals surface area contributed by atoms with Gasteiger partial charge >= 0.3 is 6.01 Å². The van der Waals surface area contributed by atoms with Crippen molar-refractivity contribution in [3.63, 3.8) is 0 Å². The van der Waals surface area contributed by atoms with Crippen LogP contribution in [0.3, 0.4) is 0 Å². The zero-order valence-corrected chi connectivity index (χ0v) is 8.12. The maximum absolute atomic E-state index is 5.03. The summed E-state index contributed by atoms with van der Waals surface area (Å²) in [5.74, 6) is 0.550. The van der Waals surface area contributed by atoms with Crippen LogP contribution in [0.1, 0.15) is 12.8 Å². The molecule has 1 fully saturated rings. The van der Waals surface area contributed by atoms with E-state index in [0.717, 1.165) is 5.69 Å². The fourth-order valence-corrected chi connectivity index (χ4v) is 1.64. The summed E-state index contributed by atoms with van der Waals surface area (Å²) in [6.07, 6.45) is 2.38. The number of nitrogens with one attached hydrogen (secondary N) is 1. The minimum Gasteiger partial charge on any atom is -0.335 e.